The second-order valence-electron chi connectivity index (χ2n) is 12.1. The lowest BCUT2D eigenvalue weighted by atomic mass is 10.0. The lowest BCUT2D eigenvalue weighted by Gasteiger charge is -2.39. The van der Waals surface area contributed by atoms with Crippen molar-refractivity contribution in [3.8, 4) is 17.2 Å². The highest BCUT2D eigenvalue weighted by atomic mass is 19.4. The van der Waals surface area contributed by atoms with Gasteiger partial charge in [-0.1, -0.05) is 6.07 Å². The van der Waals surface area contributed by atoms with Crippen LogP contribution in [0.15, 0.2) is 48.7 Å². The fourth-order valence-electron chi connectivity index (χ4n) is 6.46. The van der Waals surface area contributed by atoms with Crippen molar-refractivity contribution in [1.82, 2.24) is 25.2 Å². The molecular weight excluding hydrogens is 589 g/mol. The van der Waals surface area contributed by atoms with Crippen molar-refractivity contribution in [2.24, 2.45) is 0 Å². The number of pyridine rings is 1. The summed E-state index contributed by atoms with van der Waals surface area (Å²) in [4.78, 5) is 31.1. The first kappa shape index (κ1) is 29.5. The number of aromatic nitrogens is 1. The average molecular weight is 623 g/mol. The number of nitrogens with zero attached hydrogens (tertiary/aromatic N) is 4. The van der Waals surface area contributed by atoms with E-state index in [4.69, 9.17) is 9.47 Å². The molecule has 0 spiro atoms. The fourth-order valence-corrected chi connectivity index (χ4v) is 6.46. The molecule has 1 saturated carbocycles. The van der Waals surface area contributed by atoms with Crippen LogP contribution in [-0.4, -0.2) is 77.7 Å². The highest BCUT2D eigenvalue weighted by Gasteiger charge is 2.59. The summed E-state index contributed by atoms with van der Waals surface area (Å²) in [5, 5.41) is 9.66. The number of anilines is 1. The van der Waals surface area contributed by atoms with E-state index in [-0.39, 0.29) is 41.6 Å². The first-order chi connectivity index (χ1) is 21.5. The normalized spacial score (nSPS) is 22.6. The minimum Gasteiger partial charge on any atom is -0.487 e. The summed E-state index contributed by atoms with van der Waals surface area (Å²) in [5.41, 5.74) is 0.981. The van der Waals surface area contributed by atoms with Gasteiger partial charge in [-0.2, -0.15) is 13.2 Å². The molecule has 2 fully saturated rings. The van der Waals surface area contributed by atoms with Crippen LogP contribution in [0.5, 0.6) is 17.2 Å². The third-order valence-corrected chi connectivity index (χ3v) is 8.85. The predicted octanol–water partition coefficient (Wildman–Crippen LogP) is 4.38. The molecule has 13 heteroatoms. The maximum atomic E-state index is 14.2. The van der Waals surface area contributed by atoms with Crippen molar-refractivity contribution in [1.29, 1.82) is 0 Å². The van der Waals surface area contributed by atoms with E-state index in [1.807, 2.05) is 30.1 Å². The van der Waals surface area contributed by atoms with Gasteiger partial charge in [0.05, 0.1) is 24.2 Å². The quantitative estimate of drug-likeness (QED) is 0.401. The molecule has 2 amide bonds. The van der Waals surface area contributed by atoms with Crippen LogP contribution in [0.3, 0.4) is 0 Å². The number of nitrogens with one attached hydrogen (secondary N) is 2. The van der Waals surface area contributed by atoms with Crippen LogP contribution in [0.2, 0.25) is 0 Å². The van der Waals surface area contributed by atoms with Crippen LogP contribution in [0, 0.1) is 0 Å². The number of carbonyl (C=O) groups excluding carboxylic acids is 2. The first-order valence-electron chi connectivity index (χ1n) is 15.0. The molecule has 1 aliphatic carbocycles. The summed E-state index contributed by atoms with van der Waals surface area (Å²) in [5.74, 6) is 1.52. The van der Waals surface area contributed by atoms with E-state index in [1.54, 1.807) is 24.4 Å². The Bertz CT molecular complexity index is 1660. The molecule has 4 heterocycles. The van der Waals surface area contributed by atoms with Gasteiger partial charge in [-0.25, -0.2) is 15.0 Å². The maximum Gasteiger partial charge on any atom is 0.416 e. The zero-order chi connectivity index (χ0) is 31.5. The number of alkyl halides is 3. The molecule has 2 N–H and O–H groups in total. The SMILES string of the molecule is CN(C)N1CCCN(Cc2ccc(C(=O)NC3[C@H]4Oc5ccc(Oc6ccnc7c6CCC(=O)N7)cc5[C@@H]34)cc2C(F)(F)F)C1. The predicted molar refractivity (Wildman–Crippen MR) is 158 cm³/mol. The summed E-state index contributed by atoms with van der Waals surface area (Å²) in [6.07, 6.45) is -1.61. The summed E-state index contributed by atoms with van der Waals surface area (Å²) in [7, 11) is 3.83. The second kappa shape index (κ2) is 11.3. The number of halogens is 3. The van der Waals surface area contributed by atoms with Gasteiger partial charge in [-0.05, 0) is 54.8 Å². The molecular formula is C32H33F3N6O4. The van der Waals surface area contributed by atoms with Crippen molar-refractivity contribution in [3.63, 3.8) is 0 Å². The van der Waals surface area contributed by atoms with Gasteiger partial charge in [-0.3, -0.25) is 14.5 Å². The van der Waals surface area contributed by atoms with Gasteiger partial charge in [0.15, 0.2) is 0 Å². The maximum absolute atomic E-state index is 14.2. The summed E-state index contributed by atoms with van der Waals surface area (Å²) in [6.45, 7) is 2.23. The number of benzene rings is 2. The van der Waals surface area contributed by atoms with Gasteiger partial charge in [0.25, 0.3) is 5.91 Å². The minimum absolute atomic E-state index is 0.0449. The number of carbonyl (C=O) groups is 2. The zero-order valence-electron chi connectivity index (χ0n) is 24.9. The van der Waals surface area contributed by atoms with Crippen molar-refractivity contribution >= 4 is 17.6 Å². The molecule has 7 rings (SSSR count). The van der Waals surface area contributed by atoms with Gasteiger partial charge in [0.2, 0.25) is 5.91 Å². The third-order valence-electron chi connectivity index (χ3n) is 8.85. The summed E-state index contributed by atoms with van der Waals surface area (Å²) < 4.78 is 54.7. The molecule has 1 unspecified atom stereocenters. The Hall–Kier alpha value is -4.20. The van der Waals surface area contributed by atoms with Gasteiger partial charge in [0, 0.05) is 63.0 Å². The van der Waals surface area contributed by atoms with E-state index in [0.29, 0.717) is 49.1 Å². The Morgan fingerprint density at radius 3 is 2.80 bits per heavy atom. The number of ether oxygens (including phenoxy) is 2. The number of fused-ring (bicyclic) bond motifs is 4. The average Bonchev–Trinajstić information content (AvgIpc) is 3.52. The second-order valence-corrected chi connectivity index (χ2v) is 12.1. The standard InChI is InChI=1S/C32H33F3N6O4/c1-39(2)41-13-3-12-40(17-41)16-19-5-4-18(14-23(19)32(33,34)35)31(43)38-28-27-22-15-20(6-8-24(22)45-29(27)28)44-25-10-11-36-30-21(25)7-9-26(42)37-30/h4-6,8,10-11,14-15,27-29H,3,7,9,12-13,16-17H2,1-2H3,(H,38,43)(H,36,37,42)/t27-,28?,29-/m0/s1. The summed E-state index contributed by atoms with van der Waals surface area (Å²) in [6, 6.07) is 10.7. The lowest BCUT2D eigenvalue weighted by Crippen LogP contribution is -2.50. The highest BCUT2D eigenvalue weighted by molar-refractivity contribution is 5.95. The number of hydrogen-bond donors (Lipinski definition) is 2. The number of rotatable bonds is 7. The van der Waals surface area contributed by atoms with Crippen molar-refractivity contribution in [2.45, 2.75) is 50.0 Å². The van der Waals surface area contributed by atoms with E-state index in [0.717, 1.165) is 30.2 Å². The molecule has 0 bridgehead atoms. The Kier molecular flexibility index (Phi) is 7.41. The van der Waals surface area contributed by atoms with Gasteiger partial charge < -0.3 is 20.1 Å². The summed E-state index contributed by atoms with van der Waals surface area (Å²) >= 11 is 0. The largest absolute Gasteiger partial charge is 0.487 e. The molecule has 45 heavy (non-hydrogen) atoms. The van der Waals surface area contributed by atoms with E-state index in [9.17, 15) is 22.8 Å². The lowest BCUT2D eigenvalue weighted by molar-refractivity contribution is -0.138. The Morgan fingerprint density at radius 1 is 1.16 bits per heavy atom. The van der Waals surface area contributed by atoms with E-state index in [2.05, 4.69) is 20.6 Å². The van der Waals surface area contributed by atoms with Crippen LogP contribution in [0.25, 0.3) is 0 Å². The van der Waals surface area contributed by atoms with Crippen LogP contribution in [0.4, 0.5) is 19.0 Å². The van der Waals surface area contributed by atoms with Crippen LogP contribution < -0.4 is 20.1 Å². The molecule has 236 valence electrons. The third kappa shape index (κ3) is 5.83. The first-order valence-corrected chi connectivity index (χ1v) is 15.0. The van der Waals surface area contributed by atoms with Crippen molar-refractivity contribution < 1.29 is 32.2 Å². The number of hydrazine groups is 1. The van der Waals surface area contributed by atoms with Gasteiger partial charge in [-0.15, -0.1) is 0 Å². The van der Waals surface area contributed by atoms with Crippen molar-refractivity contribution in [3.05, 3.63) is 76.5 Å². The fraction of sp³-hybridized carbons (Fsp3) is 0.406. The Morgan fingerprint density at radius 2 is 2.00 bits per heavy atom. The molecule has 1 aromatic heterocycles. The van der Waals surface area contributed by atoms with Gasteiger partial charge >= 0.3 is 6.18 Å². The Balaban J connectivity index is 1.04. The minimum atomic E-state index is -4.60. The van der Waals surface area contributed by atoms with Gasteiger partial charge in [0.1, 0.15) is 29.2 Å². The molecule has 3 aromatic rings. The van der Waals surface area contributed by atoms with Crippen molar-refractivity contribution in [2.75, 3.05) is 39.2 Å². The molecule has 4 aliphatic rings. The topological polar surface area (TPSA) is 99.3 Å². The number of amides is 2. The zero-order valence-corrected chi connectivity index (χ0v) is 24.9. The molecule has 10 nitrogen and oxygen atoms in total. The molecule has 1 saturated heterocycles. The monoisotopic (exact) mass is 622 g/mol. The Labute approximate surface area is 258 Å². The number of hydrogen-bond acceptors (Lipinski definition) is 8. The molecule has 0 radical (unpaired) electrons. The van der Waals surface area contributed by atoms with Crippen LogP contribution in [-0.2, 0) is 23.9 Å². The molecule has 3 atom stereocenters. The molecule has 3 aliphatic heterocycles. The smallest absolute Gasteiger partial charge is 0.416 e. The van der Waals surface area contributed by atoms with Crippen LogP contribution >= 0.6 is 0 Å². The van der Waals surface area contributed by atoms with Crippen LogP contribution in [0.1, 0.15) is 51.4 Å². The van der Waals surface area contributed by atoms with E-state index >= 15 is 0 Å². The van der Waals surface area contributed by atoms with E-state index in [1.165, 1.54) is 12.1 Å². The van der Waals surface area contributed by atoms with E-state index < -0.39 is 17.6 Å². The highest BCUT2D eigenvalue weighted by Crippen LogP contribution is 2.54. The molecule has 2 aromatic carbocycles.